The molecule has 1 N–H and O–H groups in total. The summed E-state index contributed by atoms with van der Waals surface area (Å²) in [5.41, 5.74) is 7.08. The normalized spacial score (nSPS) is 19.2. The second-order valence-electron chi connectivity index (χ2n) is 7.23. The van der Waals surface area contributed by atoms with Crippen LogP contribution in [0.15, 0.2) is 0 Å². The molecular weight excluding hydrogens is 310 g/mol. The molecule has 5 rings (SSSR count). The fourth-order valence-corrected chi connectivity index (χ4v) is 4.80. The minimum atomic E-state index is 0. The lowest BCUT2D eigenvalue weighted by Gasteiger charge is -2.32. The molecule has 0 bridgehead atoms. The third-order valence-corrected chi connectivity index (χ3v) is 5.89. The minimum Gasteiger partial charge on any atom is -0.355 e. The molecule has 132 valence electrons. The Morgan fingerprint density at radius 2 is 1.72 bits per heavy atom. The highest BCUT2D eigenvalue weighted by molar-refractivity contribution is 5.72. The van der Waals surface area contributed by atoms with Crippen molar-refractivity contribution in [2.75, 3.05) is 31.1 Å². The Bertz CT molecular complexity index is 852. The van der Waals surface area contributed by atoms with Crippen LogP contribution in [-0.4, -0.2) is 35.6 Å². The number of imidazole rings is 1. The van der Waals surface area contributed by atoms with Crippen molar-refractivity contribution in [3.63, 3.8) is 0 Å². The standard InChI is InChI=1S/C19H23N5.CH4/c20-12-15-13-4-3-5-14(13)19(23-10-8-21-9-11-23)24-17-7-2-1-6-16(17)22-18(15)24;/h21H,1-11H2;1H4. The van der Waals surface area contributed by atoms with Crippen LogP contribution >= 0.6 is 0 Å². The van der Waals surface area contributed by atoms with Gasteiger partial charge in [0.15, 0.2) is 5.65 Å². The molecule has 3 heterocycles. The molecule has 1 saturated heterocycles. The fourth-order valence-electron chi connectivity index (χ4n) is 4.80. The van der Waals surface area contributed by atoms with E-state index < -0.39 is 0 Å². The SMILES string of the molecule is C.N#Cc1c2c(c(N3CCNCC3)n3c4c(nc13)CCCC4)CCC2. The molecule has 25 heavy (non-hydrogen) atoms. The van der Waals surface area contributed by atoms with E-state index in [-0.39, 0.29) is 7.43 Å². The van der Waals surface area contributed by atoms with Crippen molar-refractivity contribution in [1.29, 1.82) is 5.26 Å². The molecule has 2 aromatic rings. The number of rotatable bonds is 1. The smallest absolute Gasteiger partial charge is 0.157 e. The number of nitrogens with one attached hydrogen (secondary N) is 1. The molecule has 1 fully saturated rings. The lowest BCUT2D eigenvalue weighted by atomic mass is 10.0. The van der Waals surface area contributed by atoms with Crippen LogP contribution in [0.2, 0.25) is 0 Å². The predicted molar refractivity (Wildman–Crippen MR) is 100 cm³/mol. The van der Waals surface area contributed by atoms with Crippen molar-refractivity contribution in [1.82, 2.24) is 14.7 Å². The van der Waals surface area contributed by atoms with Gasteiger partial charge >= 0.3 is 0 Å². The molecule has 0 amide bonds. The Hall–Kier alpha value is -2.06. The van der Waals surface area contributed by atoms with Crippen LogP contribution in [0.3, 0.4) is 0 Å². The van der Waals surface area contributed by atoms with E-state index in [2.05, 4.69) is 20.7 Å². The van der Waals surface area contributed by atoms with E-state index >= 15 is 0 Å². The molecular formula is C20H27N5. The Morgan fingerprint density at radius 3 is 2.52 bits per heavy atom. The number of anilines is 1. The molecule has 0 saturated carbocycles. The van der Waals surface area contributed by atoms with Crippen molar-refractivity contribution in [3.05, 3.63) is 28.1 Å². The van der Waals surface area contributed by atoms with Gasteiger partial charge in [0, 0.05) is 31.9 Å². The average molecular weight is 337 g/mol. The molecule has 0 radical (unpaired) electrons. The van der Waals surface area contributed by atoms with Gasteiger partial charge in [-0.3, -0.25) is 4.40 Å². The maximum atomic E-state index is 9.84. The predicted octanol–water partition coefficient (Wildman–Crippen LogP) is 2.62. The van der Waals surface area contributed by atoms with Gasteiger partial charge in [-0.05, 0) is 56.1 Å². The molecule has 0 spiro atoms. The van der Waals surface area contributed by atoms with Gasteiger partial charge in [-0.2, -0.15) is 5.26 Å². The summed E-state index contributed by atoms with van der Waals surface area (Å²) in [6, 6.07) is 2.50. The minimum absolute atomic E-state index is 0. The summed E-state index contributed by atoms with van der Waals surface area (Å²) in [5, 5.41) is 13.3. The Labute approximate surface area is 149 Å². The van der Waals surface area contributed by atoms with E-state index in [4.69, 9.17) is 4.98 Å². The van der Waals surface area contributed by atoms with Gasteiger partial charge in [0.1, 0.15) is 11.9 Å². The fraction of sp³-hybridized carbons (Fsp3) is 0.600. The van der Waals surface area contributed by atoms with Crippen molar-refractivity contribution < 1.29 is 0 Å². The van der Waals surface area contributed by atoms with Gasteiger partial charge < -0.3 is 10.2 Å². The van der Waals surface area contributed by atoms with Gasteiger partial charge in [-0.25, -0.2) is 4.98 Å². The summed E-state index contributed by atoms with van der Waals surface area (Å²) in [7, 11) is 0. The quantitative estimate of drug-likeness (QED) is 0.869. The lowest BCUT2D eigenvalue weighted by molar-refractivity contribution is 0.578. The van der Waals surface area contributed by atoms with Crippen molar-refractivity contribution in [3.8, 4) is 6.07 Å². The topological polar surface area (TPSA) is 56.4 Å². The highest BCUT2D eigenvalue weighted by atomic mass is 15.3. The first-order chi connectivity index (χ1) is 11.9. The number of fused-ring (bicyclic) bond motifs is 4. The number of aromatic nitrogens is 2. The molecule has 2 aromatic heterocycles. The molecule has 2 aliphatic carbocycles. The van der Waals surface area contributed by atoms with Crippen molar-refractivity contribution >= 4 is 11.5 Å². The van der Waals surface area contributed by atoms with E-state index in [1.165, 1.54) is 47.6 Å². The van der Waals surface area contributed by atoms with Crippen LogP contribution in [0.4, 0.5) is 5.82 Å². The number of aryl methyl sites for hydroxylation is 2. The molecule has 3 aliphatic rings. The molecule has 5 heteroatoms. The van der Waals surface area contributed by atoms with Gasteiger partial charge in [0.05, 0.1) is 11.3 Å². The van der Waals surface area contributed by atoms with Gasteiger partial charge in [-0.1, -0.05) is 7.43 Å². The average Bonchev–Trinajstić information content (AvgIpc) is 3.25. The van der Waals surface area contributed by atoms with E-state index in [0.717, 1.165) is 63.1 Å². The zero-order valence-electron chi connectivity index (χ0n) is 14.1. The summed E-state index contributed by atoms with van der Waals surface area (Å²) in [5.74, 6) is 1.36. The highest BCUT2D eigenvalue weighted by Crippen LogP contribution is 2.38. The summed E-state index contributed by atoms with van der Waals surface area (Å²) < 4.78 is 2.38. The van der Waals surface area contributed by atoms with Gasteiger partial charge in [-0.15, -0.1) is 0 Å². The van der Waals surface area contributed by atoms with Crippen LogP contribution < -0.4 is 10.2 Å². The van der Waals surface area contributed by atoms with Crippen molar-refractivity contribution in [2.24, 2.45) is 0 Å². The van der Waals surface area contributed by atoms with Crippen LogP contribution in [0.1, 0.15) is 54.8 Å². The second kappa shape index (κ2) is 6.34. The lowest BCUT2D eigenvalue weighted by Crippen LogP contribution is -2.44. The largest absolute Gasteiger partial charge is 0.355 e. The van der Waals surface area contributed by atoms with Crippen LogP contribution in [0.5, 0.6) is 0 Å². The molecule has 5 nitrogen and oxygen atoms in total. The Kier molecular flexibility index (Phi) is 4.16. The molecule has 1 aliphatic heterocycles. The van der Waals surface area contributed by atoms with E-state index in [1.807, 2.05) is 0 Å². The number of piperazine rings is 1. The highest BCUT2D eigenvalue weighted by Gasteiger charge is 2.30. The first-order valence-corrected chi connectivity index (χ1v) is 9.32. The van der Waals surface area contributed by atoms with E-state index in [0.29, 0.717) is 0 Å². The Balaban J connectivity index is 0.00000157. The van der Waals surface area contributed by atoms with E-state index in [1.54, 1.807) is 0 Å². The van der Waals surface area contributed by atoms with Gasteiger partial charge in [0.25, 0.3) is 0 Å². The van der Waals surface area contributed by atoms with Crippen molar-refractivity contribution in [2.45, 2.75) is 52.4 Å². The summed E-state index contributed by atoms with van der Waals surface area (Å²) in [4.78, 5) is 7.49. The Morgan fingerprint density at radius 1 is 0.960 bits per heavy atom. The monoisotopic (exact) mass is 337 g/mol. The maximum absolute atomic E-state index is 9.84. The molecule has 0 unspecified atom stereocenters. The zero-order chi connectivity index (χ0) is 16.1. The first-order valence-electron chi connectivity index (χ1n) is 9.32. The number of nitriles is 1. The molecule has 0 aromatic carbocycles. The number of hydrogen-bond acceptors (Lipinski definition) is 4. The number of hydrogen-bond donors (Lipinski definition) is 1. The molecule has 0 atom stereocenters. The number of nitrogens with zero attached hydrogens (tertiary/aromatic N) is 4. The van der Waals surface area contributed by atoms with Crippen LogP contribution in [0, 0.1) is 11.3 Å². The second-order valence-corrected chi connectivity index (χ2v) is 7.23. The summed E-state index contributed by atoms with van der Waals surface area (Å²) >= 11 is 0. The van der Waals surface area contributed by atoms with E-state index in [9.17, 15) is 5.26 Å². The van der Waals surface area contributed by atoms with Crippen LogP contribution in [-0.2, 0) is 25.7 Å². The zero-order valence-corrected chi connectivity index (χ0v) is 14.1. The third kappa shape index (κ3) is 2.35. The van der Waals surface area contributed by atoms with Gasteiger partial charge in [0.2, 0.25) is 0 Å². The van der Waals surface area contributed by atoms with Crippen LogP contribution in [0.25, 0.3) is 5.65 Å². The first kappa shape index (κ1) is 16.4. The third-order valence-electron chi connectivity index (χ3n) is 5.89. The summed E-state index contributed by atoms with van der Waals surface area (Å²) in [6.07, 6.45) is 7.92. The maximum Gasteiger partial charge on any atom is 0.157 e. The number of pyridine rings is 1. The summed E-state index contributed by atoms with van der Waals surface area (Å²) in [6.45, 7) is 4.15.